The number of hydrogen-bond acceptors (Lipinski definition) is 5. The Hall–Kier alpha value is -1.98. The van der Waals surface area contributed by atoms with Gasteiger partial charge in [0.25, 0.3) is 0 Å². The largest absolute Gasteiger partial charge is 0.354 e. The summed E-state index contributed by atoms with van der Waals surface area (Å²) in [6, 6.07) is 9.30. The minimum absolute atomic E-state index is 0.661. The van der Waals surface area contributed by atoms with E-state index in [9.17, 15) is 0 Å². The molecule has 4 rings (SSSR count). The van der Waals surface area contributed by atoms with E-state index in [-0.39, 0.29) is 0 Å². The molecule has 0 amide bonds. The molecule has 0 spiro atoms. The number of benzene rings is 1. The molecule has 1 saturated heterocycles. The monoisotopic (exact) mass is 348 g/mol. The molecule has 118 valence electrons. The fourth-order valence-electron chi connectivity index (χ4n) is 2.89. The highest BCUT2D eigenvalue weighted by molar-refractivity contribution is 6.36. The first kappa shape index (κ1) is 14.6. The lowest BCUT2D eigenvalue weighted by Gasteiger charge is -2.35. The van der Waals surface area contributed by atoms with Crippen molar-refractivity contribution < 1.29 is 4.52 Å². The number of nitrogens with zero attached hydrogens (tertiary/aromatic N) is 4. The molecular formula is C16H14Cl2N4O. The third kappa shape index (κ3) is 2.60. The lowest BCUT2D eigenvalue weighted by molar-refractivity contribution is 0.453. The summed E-state index contributed by atoms with van der Waals surface area (Å²) in [4.78, 5) is 8.74. The zero-order valence-corrected chi connectivity index (χ0v) is 13.8. The van der Waals surface area contributed by atoms with Gasteiger partial charge in [0.2, 0.25) is 0 Å². The van der Waals surface area contributed by atoms with Crippen LogP contribution in [0.2, 0.25) is 10.0 Å². The first-order chi connectivity index (χ1) is 11.2. The molecule has 0 atom stereocenters. The van der Waals surface area contributed by atoms with Crippen LogP contribution in [-0.4, -0.2) is 36.3 Å². The van der Waals surface area contributed by atoms with Gasteiger partial charge in [0, 0.05) is 32.4 Å². The van der Waals surface area contributed by atoms with E-state index in [2.05, 4.69) is 19.9 Å². The number of hydrogen-bond donors (Lipinski definition) is 0. The summed E-state index contributed by atoms with van der Waals surface area (Å²) >= 11 is 12.5. The smallest absolute Gasteiger partial charge is 0.181 e. The SMILES string of the molecule is Clc1cccnc1N1CCN(c2noc3cccc(Cl)c23)CC1. The van der Waals surface area contributed by atoms with E-state index in [1.165, 1.54) is 0 Å². The fourth-order valence-corrected chi connectivity index (χ4v) is 3.38. The van der Waals surface area contributed by atoms with E-state index in [0.717, 1.165) is 43.2 Å². The van der Waals surface area contributed by atoms with E-state index in [1.807, 2.05) is 30.3 Å². The number of aromatic nitrogens is 2. The van der Waals surface area contributed by atoms with Crippen LogP contribution in [0.15, 0.2) is 41.1 Å². The third-order valence-electron chi connectivity index (χ3n) is 4.05. The van der Waals surface area contributed by atoms with E-state index in [1.54, 1.807) is 6.20 Å². The Morgan fingerprint density at radius 2 is 1.57 bits per heavy atom. The molecule has 0 aliphatic carbocycles. The highest BCUT2D eigenvalue weighted by atomic mass is 35.5. The van der Waals surface area contributed by atoms with Crippen molar-refractivity contribution in [2.45, 2.75) is 0 Å². The van der Waals surface area contributed by atoms with E-state index in [0.29, 0.717) is 15.6 Å². The van der Waals surface area contributed by atoms with Gasteiger partial charge >= 0.3 is 0 Å². The maximum absolute atomic E-state index is 6.30. The zero-order chi connectivity index (χ0) is 15.8. The van der Waals surface area contributed by atoms with Crippen molar-refractivity contribution >= 4 is 45.8 Å². The Morgan fingerprint density at radius 3 is 2.30 bits per heavy atom. The second kappa shape index (κ2) is 5.91. The van der Waals surface area contributed by atoms with Crippen molar-refractivity contribution in [2.24, 2.45) is 0 Å². The molecule has 0 saturated carbocycles. The maximum atomic E-state index is 6.30. The molecule has 2 aromatic heterocycles. The van der Waals surface area contributed by atoms with Crippen LogP contribution in [0.4, 0.5) is 11.6 Å². The minimum Gasteiger partial charge on any atom is -0.354 e. The second-order valence-electron chi connectivity index (χ2n) is 5.40. The van der Waals surface area contributed by atoms with Crippen LogP contribution >= 0.6 is 23.2 Å². The van der Waals surface area contributed by atoms with E-state index in [4.69, 9.17) is 27.7 Å². The van der Waals surface area contributed by atoms with Gasteiger partial charge in [0.1, 0.15) is 5.82 Å². The maximum Gasteiger partial charge on any atom is 0.181 e. The molecule has 23 heavy (non-hydrogen) atoms. The van der Waals surface area contributed by atoms with Gasteiger partial charge in [-0.05, 0) is 24.3 Å². The normalized spacial score (nSPS) is 15.4. The van der Waals surface area contributed by atoms with Crippen LogP contribution in [0.3, 0.4) is 0 Å². The van der Waals surface area contributed by atoms with Gasteiger partial charge in [0.15, 0.2) is 11.4 Å². The number of pyridine rings is 1. The third-order valence-corrected chi connectivity index (χ3v) is 4.66. The number of anilines is 2. The summed E-state index contributed by atoms with van der Waals surface area (Å²) in [5.74, 6) is 1.63. The fraction of sp³-hybridized carbons (Fsp3) is 0.250. The predicted molar refractivity (Wildman–Crippen MR) is 92.7 cm³/mol. The molecule has 7 heteroatoms. The highest BCUT2D eigenvalue weighted by Gasteiger charge is 2.24. The van der Waals surface area contributed by atoms with Gasteiger partial charge in [-0.1, -0.05) is 34.4 Å². The van der Waals surface area contributed by atoms with Crippen LogP contribution in [0.5, 0.6) is 0 Å². The summed E-state index contributed by atoms with van der Waals surface area (Å²) in [7, 11) is 0. The second-order valence-corrected chi connectivity index (χ2v) is 6.22. The van der Waals surface area contributed by atoms with E-state index < -0.39 is 0 Å². The summed E-state index contributed by atoms with van der Waals surface area (Å²) in [6.45, 7) is 3.24. The van der Waals surface area contributed by atoms with Gasteiger partial charge < -0.3 is 14.3 Å². The van der Waals surface area contributed by atoms with Gasteiger partial charge in [-0.15, -0.1) is 0 Å². The van der Waals surface area contributed by atoms with Crippen molar-refractivity contribution in [3.05, 3.63) is 46.6 Å². The van der Waals surface area contributed by atoms with Crippen LogP contribution < -0.4 is 9.80 Å². The Bertz CT molecular complexity index is 843. The number of fused-ring (bicyclic) bond motifs is 1. The number of halogens is 2. The standard InChI is InChI=1S/C16H14Cl2N4O/c17-11-3-1-5-13-14(11)16(20-23-13)22-9-7-21(8-10-22)15-12(18)4-2-6-19-15/h1-6H,7-10H2. The van der Waals surface area contributed by atoms with Gasteiger partial charge in [0.05, 0.1) is 15.4 Å². The Labute approximate surface area is 143 Å². The van der Waals surface area contributed by atoms with Crippen LogP contribution in [-0.2, 0) is 0 Å². The Kier molecular flexibility index (Phi) is 3.75. The molecule has 0 bridgehead atoms. The van der Waals surface area contributed by atoms with Crippen molar-refractivity contribution in [1.82, 2.24) is 10.1 Å². The van der Waals surface area contributed by atoms with E-state index >= 15 is 0 Å². The molecule has 5 nitrogen and oxygen atoms in total. The topological polar surface area (TPSA) is 45.4 Å². The predicted octanol–water partition coefficient (Wildman–Crippen LogP) is 3.86. The zero-order valence-electron chi connectivity index (χ0n) is 12.2. The molecule has 1 fully saturated rings. The molecule has 1 aliphatic rings. The molecule has 3 aromatic rings. The van der Waals surface area contributed by atoms with Gasteiger partial charge in [-0.25, -0.2) is 4.98 Å². The lowest BCUT2D eigenvalue weighted by atomic mass is 10.2. The van der Waals surface area contributed by atoms with Gasteiger partial charge in [-0.2, -0.15) is 0 Å². The quantitative estimate of drug-likeness (QED) is 0.703. The van der Waals surface area contributed by atoms with Crippen molar-refractivity contribution in [2.75, 3.05) is 36.0 Å². The van der Waals surface area contributed by atoms with Crippen LogP contribution in [0.25, 0.3) is 11.0 Å². The summed E-state index contributed by atoms with van der Waals surface area (Å²) in [6.07, 6.45) is 1.76. The Balaban J connectivity index is 1.57. The average Bonchev–Trinajstić information content (AvgIpc) is 3.01. The van der Waals surface area contributed by atoms with Crippen molar-refractivity contribution in [3.63, 3.8) is 0 Å². The first-order valence-electron chi connectivity index (χ1n) is 7.38. The number of piperazine rings is 1. The highest BCUT2D eigenvalue weighted by Crippen LogP contribution is 2.33. The molecule has 1 aromatic carbocycles. The molecule has 3 heterocycles. The molecule has 1 aliphatic heterocycles. The minimum atomic E-state index is 0.661. The van der Waals surface area contributed by atoms with Crippen LogP contribution in [0.1, 0.15) is 0 Å². The summed E-state index contributed by atoms with van der Waals surface area (Å²) < 4.78 is 5.39. The van der Waals surface area contributed by atoms with Gasteiger partial charge in [-0.3, -0.25) is 0 Å². The molecular weight excluding hydrogens is 335 g/mol. The summed E-state index contributed by atoms with van der Waals surface area (Å²) in [5.41, 5.74) is 0.711. The molecule has 0 N–H and O–H groups in total. The molecule has 0 unspecified atom stereocenters. The number of rotatable bonds is 2. The van der Waals surface area contributed by atoms with Crippen LogP contribution in [0, 0.1) is 0 Å². The lowest BCUT2D eigenvalue weighted by Crippen LogP contribution is -2.47. The first-order valence-corrected chi connectivity index (χ1v) is 8.14. The average molecular weight is 349 g/mol. The van der Waals surface area contributed by atoms with Crippen molar-refractivity contribution in [3.8, 4) is 0 Å². The Morgan fingerprint density at radius 1 is 0.870 bits per heavy atom. The molecule has 0 radical (unpaired) electrons. The summed E-state index contributed by atoms with van der Waals surface area (Å²) in [5, 5.41) is 6.41. The van der Waals surface area contributed by atoms with Crippen molar-refractivity contribution in [1.29, 1.82) is 0 Å².